The summed E-state index contributed by atoms with van der Waals surface area (Å²) >= 11 is 0. The van der Waals surface area contributed by atoms with Gasteiger partial charge in [0.2, 0.25) is 0 Å². The van der Waals surface area contributed by atoms with Crippen molar-refractivity contribution < 1.29 is 9.84 Å². The molecule has 1 aliphatic heterocycles. The summed E-state index contributed by atoms with van der Waals surface area (Å²) in [6.45, 7) is 8.90. The lowest BCUT2D eigenvalue weighted by molar-refractivity contribution is 0.273. The molecule has 0 unspecified atom stereocenters. The number of H-pyrrole nitrogens is 2. The van der Waals surface area contributed by atoms with Gasteiger partial charge < -0.3 is 25.1 Å². The minimum atomic E-state index is -0.147. The molecule has 0 fully saturated rings. The number of aliphatic hydroxyl groups is 1. The molecule has 0 saturated carbocycles. The van der Waals surface area contributed by atoms with Crippen molar-refractivity contribution in [2.75, 3.05) is 13.7 Å². The fourth-order valence-corrected chi connectivity index (χ4v) is 4.11. The Kier molecular flexibility index (Phi) is 5.85. The van der Waals surface area contributed by atoms with Gasteiger partial charge in [-0.2, -0.15) is 0 Å². The van der Waals surface area contributed by atoms with Gasteiger partial charge in [-0.1, -0.05) is 32.0 Å². The molecule has 0 amide bonds. The normalized spacial score (nSPS) is 15.6. The highest BCUT2D eigenvalue weighted by Gasteiger charge is 2.19. The van der Waals surface area contributed by atoms with Gasteiger partial charge >= 0.3 is 0 Å². The van der Waals surface area contributed by atoms with E-state index in [1.165, 1.54) is 0 Å². The quantitative estimate of drug-likeness (QED) is 0.480. The summed E-state index contributed by atoms with van der Waals surface area (Å²) in [6.07, 6.45) is 2.03. The van der Waals surface area contributed by atoms with Crippen LogP contribution in [0.15, 0.2) is 35.3 Å². The van der Waals surface area contributed by atoms with Crippen LogP contribution in [0.3, 0.4) is 0 Å². The zero-order valence-electron chi connectivity index (χ0n) is 18.8. The standard InChI is InChI=1S/C25H30N4O2/c1-14(2)26-12-18-17-8-6-7-9-20(17)28-23(18)24-19(13-30)25(31-5)22(29-24)11-21-15(3)10-16(4)27-21/h6-11,14,26-27,29-30H,12-13H2,1-5H3/b22-11-,24-23?. The Morgan fingerprint density at radius 2 is 1.97 bits per heavy atom. The Morgan fingerprint density at radius 1 is 1.19 bits per heavy atom. The van der Waals surface area contributed by atoms with E-state index < -0.39 is 0 Å². The largest absolute Gasteiger partial charge is 0.494 e. The molecule has 1 aromatic carbocycles. The summed E-state index contributed by atoms with van der Waals surface area (Å²) in [5.74, 6) is 0.638. The summed E-state index contributed by atoms with van der Waals surface area (Å²) in [5, 5.41) is 17.4. The topological polar surface area (TPSA) is 85.4 Å². The summed E-state index contributed by atoms with van der Waals surface area (Å²) in [7, 11) is 1.63. The molecule has 6 heteroatoms. The second-order valence-electron chi connectivity index (χ2n) is 8.27. The number of aryl methyl sites for hydroxylation is 2. The predicted octanol–water partition coefficient (Wildman–Crippen LogP) is 0.880. The number of hydrogen-bond donors (Lipinski definition) is 4. The van der Waals surface area contributed by atoms with Crippen molar-refractivity contribution in [2.45, 2.75) is 40.3 Å². The van der Waals surface area contributed by atoms with E-state index in [9.17, 15) is 5.11 Å². The van der Waals surface area contributed by atoms with Gasteiger partial charge in [-0.05, 0) is 37.6 Å². The molecule has 4 N–H and O–H groups in total. The number of aromatic amines is 2. The number of methoxy groups -OCH3 is 1. The maximum atomic E-state index is 10.2. The molecule has 3 heterocycles. The van der Waals surface area contributed by atoms with Crippen LogP contribution in [-0.4, -0.2) is 34.8 Å². The van der Waals surface area contributed by atoms with E-state index in [1.54, 1.807) is 7.11 Å². The van der Waals surface area contributed by atoms with Gasteiger partial charge in [0.1, 0.15) is 5.75 Å². The fraction of sp³-hybridized carbons (Fsp3) is 0.320. The van der Waals surface area contributed by atoms with Crippen LogP contribution in [0.25, 0.3) is 17.3 Å². The maximum absolute atomic E-state index is 10.2. The summed E-state index contributed by atoms with van der Waals surface area (Å²) in [6, 6.07) is 10.6. The summed E-state index contributed by atoms with van der Waals surface area (Å²) in [5.41, 5.74) is 5.93. The van der Waals surface area contributed by atoms with E-state index in [0.717, 1.165) is 49.5 Å². The Hall–Kier alpha value is -3.09. The number of para-hydroxylation sites is 1. The minimum absolute atomic E-state index is 0.147. The molecule has 162 valence electrons. The molecule has 31 heavy (non-hydrogen) atoms. The maximum Gasteiger partial charge on any atom is 0.150 e. The first-order valence-electron chi connectivity index (χ1n) is 10.6. The third-order valence-electron chi connectivity index (χ3n) is 5.59. The molecule has 0 atom stereocenters. The highest BCUT2D eigenvalue weighted by atomic mass is 16.5. The van der Waals surface area contributed by atoms with Crippen molar-refractivity contribution in [3.05, 3.63) is 74.1 Å². The molecular formula is C25H30N4O2. The zero-order valence-corrected chi connectivity index (χ0v) is 18.8. The smallest absolute Gasteiger partial charge is 0.150 e. The average Bonchev–Trinajstić information content (AvgIpc) is 3.38. The predicted molar refractivity (Wildman–Crippen MR) is 124 cm³/mol. The Bertz CT molecular complexity index is 1360. The van der Waals surface area contributed by atoms with E-state index in [1.807, 2.05) is 31.2 Å². The van der Waals surface area contributed by atoms with Gasteiger partial charge in [-0.3, -0.25) is 0 Å². The van der Waals surface area contributed by atoms with Crippen molar-refractivity contribution >= 4 is 17.3 Å². The van der Waals surface area contributed by atoms with Crippen molar-refractivity contribution in [1.82, 2.24) is 15.3 Å². The second kappa shape index (κ2) is 8.57. The third kappa shape index (κ3) is 3.96. The van der Waals surface area contributed by atoms with Gasteiger partial charge in [0.15, 0.2) is 0 Å². The lowest BCUT2D eigenvalue weighted by atomic mass is 10.1. The van der Waals surface area contributed by atoms with Gasteiger partial charge in [0.05, 0.1) is 35.5 Å². The van der Waals surface area contributed by atoms with Crippen LogP contribution in [0.5, 0.6) is 5.75 Å². The van der Waals surface area contributed by atoms with E-state index >= 15 is 0 Å². The van der Waals surface area contributed by atoms with E-state index in [-0.39, 0.29) is 6.61 Å². The first-order valence-corrected chi connectivity index (χ1v) is 10.6. The molecule has 4 rings (SSSR count). The SMILES string of the molecule is COc1c(CO)c(=C2N=c3ccccc3=C2CNC(C)C)[nH]/c1=C\c1[nH]c(C)cc1C. The van der Waals surface area contributed by atoms with Gasteiger partial charge in [0, 0.05) is 40.3 Å². The van der Waals surface area contributed by atoms with Crippen LogP contribution in [0, 0.1) is 13.8 Å². The second-order valence-corrected chi connectivity index (χ2v) is 8.27. The van der Waals surface area contributed by atoms with Crippen LogP contribution in [0.4, 0.5) is 0 Å². The summed E-state index contributed by atoms with van der Waals surface area (Å²) in [4.78, 5) is 11.8. The van der Waals surface area contributed by atoms with Gasteiger partial charge in [-0.15, -0.1) is 0 Å². The molecule has 0 bridgehead atoms. The Balaban J connectivity index is 2.02. The van der Waals surface area contributed by atoms with Gasteiger partial charge in [0.25, 0.3) is 0 Å². The lowest BCUT2D eigenvalue weighted by Crippen LogP contribution is -2.30. The number of aromatic nitrogens is 2. The molecule has 0 spiro atoms. The van der Waals surface area contributed by atoms with Crippen molar-refractivity contribution in [3.8, 4) is 5.75 Å². The van der Waals surface area contributed by atoms with Crippen LogP contribution < -0.4 is 31.3 Å². The first kappa shape index (κ1) is 21.2. The van der Waals surface area contributed by atoms with E-state index in [2.05, 4.69) is 48.2 Å². The third-order valence-corrected chi connectivity index (χ3v) is 5.59. The number of aliphatic hydroxyl groups excluding tert-OH is 1. The number of rotatable bonds is 6. The monoisotopic (exact) mass is 418 g/mol. The molecule has 0 saturated heterocycles. The van der Waals surface area contributed by atoms with Crippen molar-refractivity contribution in [3.63, 3.8) is 0 Å². The average molecular weight is 419 g/mol. The molecule has 1 aliphatic rings. The molecule has 3 aromatic rings. The van der Waals surface area contributed by atoms with Crippen LogP contribution in [0.1, 0.15) is 36.4 Å². The molecule has 0 radical (unpaired) electrons. The zero-order chi connectivity index (χ0) is 22.1. The first-order chi connectivity index (χ1) is 14.9. The Morgan fingerprint density at radius 3 is 2.61 bits per heavy atom. The summed E-state index contributed by atoms with van der Waals surface area (Å²) < 4.78 is 5.72. The van der Waals surface area contributed by atoms with Crippen molar-refractivity contribution in [1.29, 1.82) is 0 Å². The molecule has 0 aliphatic carbocycles. The minimum Gasteiger partial charge on any atom is -0.494 e. The lowest BCUT2D eigenvalue weighted by Gasteiger charge is -2.10. The highest BCUT2D eigenvalue weighted by molar-refractivity contribution is 5.90. The van der Waals surface area contributed by atoms with Crippen LogP contribution in [-0.2, 0) is 6.61 Å². The number of hydrogen-bond acceptors (Lipinski definition) is 4. The fourth-order valence-electron chi connectivity index (χ4n) is 4.11. The number of ether oxygens (including phenoxy) is 1. The van der Waals surface area contributed by atoms with Crippen LogP contribution >= 0.6 is 0 Å². The molecule has 2 aromatic heterocycles. The van der Waals surface area contributed by atoms with Gasteiger partial charge in [-0.25, -0.2) is 4.99 Å². The van der Waals surface area contributed by atoms with Crippen LogP contribution in [0.2, 0.25) is 0 Å². The molecule has 6 nitrogen and oxygen atoms in total. The number of benzene rings is 1. The Labute approximate surface area is 181 Å². The number of fused-ring (bicyclic) bond motifs is 1. The number of nitrogens with one attached hydrogen (secondary N) is 3. The molecular weight excluding hydrogens is 388 g/mol. The van der Waals surface area contributed by atoms with E-state index in [0.29, 0.717) is 23.9 Å². The van der Waals surface area contributed by atoms with E-state index in [4.69, 9.17) is 9.73 Å². The highest BCUT2D eigenvalue weighted by Crippen LogP contribution is 2.17. The van der Waals surface area contributed by atoms with Crippen molar-refractivity contribution in [2.24, 2.45) is 4.99 Å². The number of nitrogens with zero attached hydrogens (tertiary/aromatic N) is 1.